The molecule has 1 heterocycles. The Balaban J connectivity index is 1.93. The molecule has 0 aliphatic carbocycles. The zero-order valence-corrected chi connectivity index (χ0v) is 16.5. The highest BCUT2D eigenvalue weighted by Crippen LogP contribution is 2.13. The molecule has 0 aliphatic rings. The van der Waals surface area contributed by atoms with Crippen molar-refractivity contribution in [1.29, 1.82) is 0 Å². The molecule has 1 aromatic heterocycles. The number of carbonyl (C=O) groups is 1. The van der Waals surface area contributed by atoms with Crippen LogP contribution < -0.4 is 10.6 Å². The third-order valence-corrected chi connectivity index (χ3v) is 4.02. The first-order chi connectivity index (χ1) is 13.0. The Labute approximate surface area is 160 Å². The quantitative estimate of drug-likeness (QED) is 0.549. The van der Waals surface area contributed by atoms with Gasteiger partial charge in [0.1, 0.15) is 6.54 Å². The Morgan fingerprint density at radius 2 is 1.96 bits per heavy atom. The van der Waals surface area contributed by atoms with Crippen molar-refractivity contribution in [3.8, 4) is 0 Å². The maximum atomic E-state index is 11.8. The topological polar surface area (TPSA) is 82.8 Å². The van der Waals surface area contributed by atoms with Crippen molar-refractivity contribution in [2.24, 2.45) is 4.99 Å². The van der Waals surface area contributed by atoms with Gasteiger partial charge in [-0.3, -0.25) is 4.79 Å². The molecule has 0 saturated heterocycles. The largest absolute Gasteiger partial charge is 0.359 e. The number of amides is 1. The summed E-state index contributed by atoms with van der Waals surface area (Å²) >= 11 is 0. The van der Waals surface area contributed by atoms with E-state index in [1.165, 1.54) is 10.5 Å². The fourth-order valence-corrected chi connectivity index (χ4v) is 2.29. The van der Waals surface area contributed by atoms with Crippen molar-refractivity contribution >= 4 is 11.9 Å². The first-order valence-corrected chi connectivity index (χ1v) is 9.17. The zero-order valence-electron chi connectivity index (χ0n) is 16.5. The molecule has 0 aliphatic heterocycles. The fourth-order valence-electron chi connectivity index (χ4n) is 2.29. The van der Waals surface area contributed by atoms with Crippen LogP contribution in [0.25, 0.3) is 0 Å². The highest BCUT2D eigenvalue weighted by molar-refractivity contribution is 5.84. The van der Waals surface area contributed by atoms with Crippen LogP contribution >= 0.6 is 0 Å². The highest BCUT2D eigenvalue weighted by Gasteiger charge is 2.09. The van der Waals surface area contributed by atoms with Crippen LogP contribution in [-0.2, 0) is 17.8 Å². The second-order valence-corrected chi connectivity index (χ2v) is 6.84. The van der Waals surface area contributed by atoms with E-state index < -0.39 is 0 Å². The summed E-state index contributed by atoms with van der Waals surface area (Å²) in [5.74, 6) is 1.57. The molecule has 2 aromatic rings. The third kappa shape index (κ3) is 7.13. The molecule has 1 amide bonds. The predicted octanol–water partition coefficient (Wildman–Crippen LogP) is 2.16. The van der Waals surface area contributed by atoms with Crippen molar-refractivity contribution in [1.82, 2.24) is 20.7 Å². The SMILES string of the molecule is CC(C)c1cc(CNC(=NCC(=O)N(C)C)NCCc2ccccc2)on1. The van der Waals surface area contributed by atoms with Gasteiger partial charge in [0.25, 0.3) is 0 Å². The highest BCUT2D eigenvalue weighted by atomic mass is 16.5. The molecule has 7 nitrogen and oxygen atoms in total. The summed E-state index contributed by atoms with van der Waals surface area (Å²) in [6.07, 6.45) is 0.864. The van der Waals surface area contributed by atoms with Gasteiger partial charge in [-0.15, -0.1) is 0 Å². The lowest BCUT2D eigenvalue weighted by atomic mass is 10.1. The molecule has 2 rings (SSSR count). The minimum atomic E-state index is -0.0547. The van der Waals surface area contributed by atoms with Gasteiger partial charge in [0, 0.05) is 26.7 Å². The van der Waals surface area contributed by atoms with E-state index in [0.717, 1.165) is 17.9 Å². The standard InChI is InChI=1S/C20H29N5O2/c1-15(2)18-12-17(27-24-18)13-22-20(23-14-19(26)25(3)4)21-11-10-16-8-6-5-7-9-16/h5-9,12,15H,10-11,13-14H2,1-4H3,(H2,21,22,23). The van der Waals surface area contributed by atoms with Gasteiger partial charge in [0.05, 0.1) is 12.2 Å². The van der Waals surface area contributed by atoms with E-state index in [1.54, 1.807) is 14.1 Å². The number of rotatable bonds is 8. The van der Waals surface area contributed by atoms with E-state index in [2.05, 4.69) is 46.8 Å². The summed E-state index contributed by atoms with van der Waals surface area (Å²) < 4.78 is 5.34. The molecule has 2 N–H and O–H groups in total. The number of hydrogen-bond donors (Lipinski definition) is 2. The van der Waals surface area contributed by atoms with E-state index in [-0.39, 0.29) is 12.5 Å². The van der Waals surface area contributed by atoms with Crippen LogP contribution in [0, 0.1) is 0 Å². The van der Waals surface area contributed by atoms with E-state index in [1.807, 2.05) is 24.3 Å². The normalized spacial score (nSPS) is 11.5. The van der Waals surface area contributed by atoms with Crippen molar-refractivity contribution in [2.45, 2.75) is 32.7 Å². The Morgan fingerprint density at radius 1 is 1.22 bits per heavy atom. The molecule has 7 heteroatoms. The number of likely N-dealkylation sites (N-methyl/N-ethyl adjacent to an activating group) is 1. The monoisotopic (exact) mass is 371 g/mol. The molecule has 0 unspecified atom stereocenters. The molecular formula is C20H29N5O2. The van der Waals surface area contributed by atoms with Gasteiger partial charge in [-0.05, 0) is 17.9 Å². The molecule has 0 fully saturated rings. The number of aliphatic imine (C=N–C) groups is 1. The van der Waals surface area contributed by atoms with Gasteiger partial charge in [-0.2, -0.15) is 0 Å². The number of hydrogen-bond acceptors (Lipinski definition) is 4. The first kappa shape index (κ1) is 20.5. The third-order valence-electron chi connectivity index (χ3n) is 4.02. The average Bonchev–Trinajstić information content (AvgIpc) is 3.13. The molecule has 0 spiro atoms. The first-order valence-electron chi connectivity index (χ1n) is 9.17. The van der Waals surface area contributed by atoms with Gasteiger partial charge < -0.3 is 20.1 Å². The molecule has 1 aromatic carbocycles. The molecular weight excluding hydrogens is 342 g/mol. The summed E-state index contributed by atoms with van der Waals surface area (Å²) in [6, 6.07) is 12.2. The summed E-state index contributed by atoms with van der Waals surface area (Å²) in [5.41, 5.74) is 2.16. The summed E-state index contributed by atoms with van der Waals surface area (Å²) in [6.45, 7) is 5.38. The van der Waals surface area contributed by atoms with Crippen molar-refractivity contribution in [3.63, 3.8) is 0 Å². The Bertz CT molecular complexity index is 738. The fraction of sp³-hybridized carbons (Fsp3) is 0.450. The minimum absolute atomic E-state index is 0.0547. The van der Waals surface area contributed by atoms with Crippen LogP contribution in [0.3, 0.4) is 0 Å². The molecule has 27 heavy (non-hydrogen) atoms. The van der Waals surface area contributed by atoms with E-state index >= 15 is 0 Å². The van der Waals surface area contributed by atoms with Crippen LogP contribution in [0.15, 0.2) is 45.9 Å². The second kappa shape index (κ2) is 10.4. The van der Waals surface area contributed by atoms with Gasteiger partial charge in [-0.1, -0.05) is 49.3 Å². The maximum Gasteiger partial charge on any atom is 0.243 e. The lowest BCUT2D eigenvalue weighted by Crippen LogP contribution is -2.39. The maximum absolute atomic E-state index is 11.8. The number of benzene rings is 1. The van der Waals surface area contributed by atoms with Crippen LogP contribution in [-0.4, -0.2) is 49.1 Å². The van der Waals surface area contributed by atoms with Crippen molar-refractivity contribution in [3.05, 3.63) is 53.4 Å². The molecule has 0 radical (unpaired) electrons. The van der Waals surface area contributed by atoms with Gasteiger partial charge in [0.2, 0.25) is 5.91 Å². The Hall–Kier alpha value is -2.83. The van der Waals surface area contributed by atoms with E-state index in [4.69, 9.17) is 4.52 Å². The molecule has 0 bridgehead atoms. The Kier molecular flexibility index (Phi) is 7.85. The van der Waals surface area contributed by atoms with Gasteiger partial charge in [0.15, 0.2) is 11.7 Å². The van der Waals surface area contributed by atoms with Crippen LogP contribution in [0.5, 0.6) is 0 Å². The summed E-state index contributed by atoms with van der Waals surface area (Å²) in [4.78, 5) is 17.7. The number of guanidine groups is 1. The predicted molar refractivity (Wildman–Crippen MR) is 107 cm³/mol. The number of carbonyl (C=O) groups excluding carboxylic acids is 1. The molecule has 0 saturated carbocycles. The van der Waals surface area contributed by atoms with Gasteiger partial charge >= 0.3 is 0 Å². The van der Waals surface area contributed by atoms with E-state index in [0.29, 0.717) is 25.0 Å². The van der Waals surface area contributed by atoms with Crippen LogP contribution in [0.1, 0.15) is 36.8 Å². The Morgan fingerprint density at radius 3 is 2.59 bits per heavy atom. The van der Waals surface area contributed by atoms with Crippen molar-refractivity contribution < 1.29 is 9.32 Å². The smallest absolute Gasteiger partial charge is 0.243 e. The summed E-state index contributed by atoms with van der Waals surface area (Å²) in [7, 11) is 3.44. The van der Waals surface area contributed by atoms with Crippen molar-refractivity contribution in [2.75, 3.05) is 27.2 Å². The average molecular weight is 371 g/mol. The lowest BCUT2D eigenvalue weighted by Gasteiger charge is -2.13. The zero-order chi connectivity index (χ0) is 19.6. The minimum Gasteiger partial charge on any atom is -0.359 e. The van der Waals surface area contributed by atoms with Crippen LogP contribution in [0.2, 0.25) is 0 Å². The van der Waals surface area contributed by atoms with Gasteiger partial charge in [-0.25, -0.2) is 4.99 Å². The van der Waals surface area contributed by atoms with Crippen LogP contribution in [0.4, 0.5) is 0 Å². The van der Waals surface area contributed by atoms with E-state index in [9.17, 15) is 4.79 Å². The number of nitrogens with one attached hydrogen (secondary N) is 2. The number of aromatic nitrogens is 1. The summed E-state index contributed by atoms with van der Waals surface area (Å²) in [5, 5.41) is 10.5. The molecule has 0 atom stereocenters. The number of nitrogens with zero attached hydrogens (tertiary/aromatic N) is 3. The molecule has 146 valence electrons. The lowest BCUT2D eigenvalue weighted by molar-refractivity contribution is -0.127. The second-order valence-electron chi connectivity index (χ2n) is 6.84.